The summed E-state index contributed by atoms with van der Waals surface area (Å²) < 4.78 is 18.8. The Morgan fingerprint density at radius 1 is 1.12 bits per heavy atom. The number of carbonyl (C=O) groups excluding carboxylic acids is 3. The zero-order valence-corrected chi connectivity index (χ0v) is 14.4. The van der Waals surface area contributed by atoms with Gasteiger partial charge in [-0.05, 0) is 30.3 Å². The second-order valence-electron chi connectivity index (χ2n) is 4.98. The average Bonchev–Trinajstić information content (AvgIpc) is 2.54. The molecule has 0 unspecified atom stereocenters. The number of carbonyl (C=O) groups is 3. The number of anilines is 1. The minimum Gasteiger partial charge on any atom is -0.454 e. The van der Waals surface area contributed by atoms with E-state index in [9.17, 15) is 18.8 Å². The lowest BCUT2D eigenvalue weighted by Crippen LogP contribution is -2.16. The van der Waals surface area contributed by atoms with Crippen molar-refractivity contribution in [3.05, 3.63) is 63.4 Å². The Morgan fingerprint density at radius 3 is 2.48 bits per heavy atom. The highest BCUT2D eigenvalue weighted by Gasteiger charge is 2.18. The number of hydrogen-bond acceptors (Lipinski definition) is 4. The van der Waals surface area contributed by atoms with Crippen molar-refractivity contribution >= 4 is 46.5 Å². The highest BCUT2D eigenvalue weighted by Crippen LogP contribution is 2.26. The molecule has 0 heterocycles. The monoisotopic (exact) mass is 383 g/mol. The number of hydrogen-bond donors (Lipinski definition) is 1. The summed E-state index contributed by atoms with van der Waals surface area (Å²) in [6.07, 6.45) is 0. The normalized spacial score (nSPS) is 10.2. The fourth-order valence-corrected chi connectivity index (χ4v) is 2.35. The molecule has 2 aromatic rings. The van der Waals surface area contributed by atoms with Crippen molar-refractivity contribution in [2.45, 2.75) is 6.92 Å². The van der Waals surface area contributed by atoms with E-state index < -0.39 is 24.2 Å². The molecule has 0 atom stereocenters. The third-order valence-corrected chi connectivity index (χ3v) is 3.91. The number of ketones is 1. The fraction of sp³-hybridized carbons (Fsp3) is 0.118. The number of amides is 1. The molecule has 0 saturated heterocycles. The third-order valence-electron chi connectivity index (χ3n) is 3.10. The Morgan fingerprint density at radius 2 is 1.84 bits per heavy atom. The molecule has 25 heavy (non-hydrogen) atoms. The van der Waals surface area contributed by atoms with Crippen LogP contribution in [0.3, 0.4) is 0 Å². The molecule has 0 bridgehead atoms. The summed E-state index contributed by atoms with van der Waals surface area (Å²) in [5.74, 6) is -2.80. The lowest BCUT2D eigenvalue weighted by molar-refractivity contribution is -0.114. The number of rotatable bonds is 5. The first-order valence-corrected chi connectivity index (χ1v) is 7.76. The molecule has 0 aliphatic rings. The summed E-state index contributed by atoms with van der Waals surface area (Å²) in [7, 11) is 0. The maximum Gasteiger partial charge on any atom is 0.340 e. The van der Waals surface area contributed by atoms with Crippen LogP contribution in [0.4, 0.5) is 10.1 Å². The van der Waals surface area contributed by atoms with Crippen LogP contribution < -0.4 is 5.32 Å². The van der Waals surface area contributed by atoms with Crippen molar-refractivity contribution in [3.63, 3.8) is 0 Å². The summed E-state index contributed by atoms with van der Waals surface area (Å²) >= 11 is 11.7. The van der Waals surface area contributed by atoms with E-state index in [0.717, 1.165) is 6.07 Å². The average molecular weight is 384 g/mol. The lowest BCUT2D eigenvalue weighted by Gasteiger charge is -2.08. The Hall–Kier alpha value is -2.44. The zero-order valence-electron chi connectivity index (χ0n) is 12.9. The molecule has 0 radical (unpaired) electrons. The number of esters is 1. The molecule has 130 valence electrons. The van der Waals surface area contributed by atoms with E-state index in [2.05, 4.69) is 5.32 Å². The Bertz CT molecular complexity index is 855. The number of ether oxygens (including phenoxy) is 1. The van der Waals surface area contributed by atoms with Crippen molar-refractivity contribution in [1.29, 1.82) is 0 Å². The van der Waals surface area contributed by atoms with Gasteiger partial charge in [0.05, 0.1) is 21.2 Å². The second kappa shape index (κ2) is 8.09. The smallest absolute Gasteiger partial charge is 0.340 e. The molecule has 8 heteroatoms. The number of nitrogens with one attached hydrogen (secondary N) is 1. The molecule has 5 nitrogen and oxygen atoms in total. The molecular weight excluding hydrogens is 372 g/mol. The SMILES string of the molecule is CC(=O)Nc1ccc(C(=O)COC(=O)c2cccc(Cl)c2Cl)c(F)c1. The molecule has 0 aliphatic carbocycles. The van der Waals surface area contributed by atoms with E-state index in [1.807, 2.05) is 0 Å². The predicted molar refractivity (Wildman–Crippen MR) is 91.8 cm³/mol. The Kier molecular flexibility index (Phi) is 6.12. The molecule has 1 N–H and O–H groups in total. The van der Waals surface area contributed by atoms with Gasteiger partial charge in [0.15, 0.2) is 6.61 Å². The molecule has 0 saturated carbocycles. The van der Waals surface area contributed by atoms with E-state index in [1.54, 1.807) is 0 Å². The van der Waals surface area contributed by atoms with Crippen molar-refractivity contribution < 1.29 is 23.5 Å². The third kappa shape index (κ3) is 4.78. The van der Waals surface area contributed by atoms with Gasteiger partial charge in [0, 0.05) is 12.6 Å². The van der Waals surface area contributed by atoms with Gasteiger partial charge in [0.2, 0.25) is 11.7 Å². The summed E-state index contributed by atoms with van der Waals surface area (Å²) in [6, 6.07) is 7.97. The van der Waals surface area contributed by atoms with Crippen molar-refractivity contribution in [3.8, 4) is 0 Å². The minimum absolute atomic E-state index is 0.00319. The van der Waals surface area contributed by atoms with Crippen LogP contribution >= 0.6 is 23.2 Å². The first-order chi connectivity index (χ1) is 11.8. The van der Waals surface area contributed by atoms with Crippen molar-refractivity contribution in [2.24, 2.45) is 0 Å². The first-order valence-electron chi connectivity index (χ1n) is 7.01. The molecule has 2 aromatic carbocycles. The van der Waals surface area contributed by atoms with Gasteiger partial charge in [-0.2, -0.15) is 0 Å². The van der Waals surface area contributed by atoms with Gasteiger partial charge in [0.1, 0.15) is 5.82 Å². The minimum atomic E-state index is -0.851. The Labute approximate surface area is 152 Å². The first kappa shape index (κ1) is 18.9. The summed E-state index contributed by atoms with van der Waals surface area (Å²) in [6.45, 7) is 0.607. The maximum absolute atomic E-state index is 14.0. The van der Waals surface area contributed by atoms with Gasteiger partial charge >= 0.3 is 5.97 Å². The summed E-state index contributed by atoms with van der Waals surface area (Å²) in [5, 5.41) is 2.57. The largest absolute Gasteiger partial charge is 0.454 e. The molecular formula is C17H12Cl2FNO4. The van der Waals surface area contributed by atoms with Crippen LogP contribution in [0.2, 0.25) is 10.0 Å². The molecule has 0 spiro atoms. The van der Waals surface area contributed by atoms with Gasteiger partial charge < -0.3 is 10.1 Å². The summed E-state index contributed by atoms with van der Waals surface area (Å²) in [5.41, 5.74) is -0.0493. The predicted octanol–water partition coefficient (Wildman–Crippen LogP) is 4.13. The Balaban J connectivity index is 2.06. The lowest BCUT2D eigenvalue weighted by atomic mass is 10.1. The summed E-state index contributed by atoms with van der Waals surface area (Å²) in [4.78, 5) is 34.9. The quantitative estimate of drug-likeness (QED) is 0.622. The van der Waals surface area contributed by atoms with Gasteiger partial charge in [0.25, 0.3) is 0 Å². The maximum atomic E-state index is 14.0. The topological polar surface area (TPSA) is 72.5 Å². The molecule has 1 amide bonds. The van der Waals surface area contributed by atoms with Crippen LogP contribution in [-0.4, -0.2) is 24.3 Å². The van der Waals surface area contributed by atoms with E-state index in [-0.39, 0.29) is 32.8 Å². The van der Waals surface area contributed by atoms with E-state index >= 15 is 0 Å². The molecule has 0 fully saturated rings. The number of halogens is 3. The number of Topliss-reactive ketones (excluding diaryl/α,β-unsaturated/α-hetero) is 1. The molecule has 0 aromatic heterocycles. The van der Waals surface area contributed by atoms with E-state index in [0.29, 0.717) is 0 Å². The van der Waals surface area contributed by atoms with Gasteiger partial charge in [-0.15, -0.1) is 0 Å². The van der Waals surface area contributed by atoms with Crippen molar-refractivity contribution in [2.75, 3.05) is 11.9 Å². The molecule has 0 aliphatic heterocycles. The number of benzene rings is 2. The van der Waals surface area contributed by atoms with Gasteiger partial charge in [-0.1, -0.05) is 29.3 Å². The molecule has 2 rings (SSSR count). The van der Waals surface area contributed by atoms with Crippen LogP contribution in [0.15, 0.2) is 36.4 Å². The fourth-order valence-electron chi connectivity index (χ4n) is 1.97. The van der Waals surface area contributed by atoms with Crippen LogP contribution in [0.1, 0.15) is 27.6 Å². The van der Waals surface area contributed by atoms with Crippen LogP contribution in [0, 0.1) is 5.82 Å². The van der Waals surface area contributed by atoms with Crippen LogP contribution in [0.5, 0.6) is 0 Å². The van der Waals surface area contributed by atoms with E-state index in [1.165, 1.54) is 37.3 Å². The highest BCUT2D eigenvalue weighted by atomic mass is 35.5. The van der Waals surface area contributed by atoms with Gasteiger partial charge in [-0.25, -0.2) is 9.18 Å². The van der Waals surface area contributed by atoms with Crippen molar-refractivity contribution in [1.82, 2.24) is 0 Å². The van der Waals surface area contributed by atoms with Gasteiger partial charge in [-0.3, -0.25) is 9.59 Å². The highest BCUT2D eigenvalue weighted by molar-refractivity contribution is 6.43. The second-order valence-corrected chi connectivity index (χ2v) is 5.76. The van der Waals surface area contributed by atoms with E-state index in [4.69, 9.17) is 27.9 Å². The van der Waals surface area contributed by atoms with Crippen LogP contribution in [0.25, 0.3) is 0 Å². The van der Waals surface area contributed by atoms with Crippen LogP contribution in [-0.2, 0) is 9.53 Å². The zero-order chi connectivity index (χ0) is 18.6. The standard InChI is InChI=1S/C17H12Cl2FNO4/c1-9(22)21-10-5-6-11(14(20)7-10)15(23)8-25-17(24)12-3-2-4-13(18)16(12)19/h2-7H,8H2,1H3,(H,21,22).